The van der Waals surface area contributed by atoms with Gasteiger partial charge in [-0.2, -0.15) is 0 Å². The van der Waals surface area contributed by atoms with Gasteiger partial charge in [0.25, 0.3) is 0 Å². The second-order valence-electron chi connectivity index (χ2n) is 5.94. The number of benzene rings is 2. The molecule has 0 saturated heterocycles. The fraction of sp³-hybridized carbons (Fsp3) is 0.263. The maximum absolute atomic E-state index is 12.8. The molecule has 0 aliphatic carbocycles. The number of aliphatic hydroxyl groups excluding tert-OH is 2. The van der Waals surface area contributed by atoms with E-state index in [0.717, 1.165) is 4.70 Å². The largest absolute Gasteiger partial charge is 0.462 e. The van der Waals surface area contributed by atoms with Gasteiger partial charge >= 0.3 is 0 Å². The van der Waals surface area contributed by atoms with Crippen molar-refractivity contribution in [1.29, 1.82) is 0 Å². The van der Waals surface area contributed by atoms with Gasteiger partial charge in [0.2, 0.25) is 12.2 Å². The summed E-state index contributed by atoms with van der Waals surface area (Å²) in [6.07, 6.45) is -1.32. The van der Waals surface area contributed by atoms with Gasteiger partial charge in [-0.05, 0) is 24.3 Å². The van der Waals surface area contributed by atoms with Gasteiger partial charge in [0.15, 0.2) is 5.43 Å². The van der Waals surface area contributed by atoms with E-state index in [-0.39, 0.29) is 31.0 Å². The van der Waals surface area contributed by atoms with Gasteiger partial charge in [-0.15, -0.1) is 11.3 Å². The quantitative estimate of drug-likeness (QED) is 0.484. The molecule has 1 heterocycles. The summed E-state index contributed by atoms with van der Waals surface area (Å²) in [4.78, 5) is 25.7. The molecule has 8 heteroatoms. The van der Waals surface area contributed by atoms with Crippen LogP contribution in [0.5, 0.6) is 5.75 Å². The normalized spacial score (nSPS) is 12.3. The van der Waals surface area contributed by atoms with Crippen LogP contribution in [0.15, 0.2) is 41.2 Å². The standard InChI is InChI=1S/C19H18ClNO5S/c1-11(23)21(8-9-22)10-16(24)26-14-7-6-13(20)17-18(25)12-4-2-3-5-15(12)27-19(14)17/h2-7,16,22,24H,8-10H2,1H3. The number of halogens is 1. The lowest BCUT2D eigenvalue weighted by Gasteiger charge is -2.24. The number of carbonyl (C=O) groups excluding carboxylic acids is 1. The summed E-state index contributed by atoms with van der Waals surface area (Å²) >= 11 is 7.59. The number of carbonyl (C=O) groups is 1. The van der Waals surface area contributed by atoms with Crippen molar-refractivity contribution >= 4 is 49.0 Å². The number of aliphatic hydroxyl groups is 2. The topological polar surface area (TPSA) is 87.1 Å². The van der Waals surface area contributed by atoms with E-state index in [1.54, 1.807) is 24.3 Å². The van der Waals surface area contributed by atoms with E-state index in [4.69, 9.17) is 21.4 Å². The number of hydrogen-bond donors (Lipinski definition) is 2. The highest BCUT2D eigenvalue weighted by atomic mass is 35.5. The maximum atomic E-state index is 12.8. The predicted molar refractivity (Wildman–Crippen MR) is 107 cm³/mol. The minimum Gasteiger partial charge on any atom is -0.462 e. The van der Waals surface area contributed by atoms with E-state index in [9.17, 15) is 14.7 Å². The maximum Gasteiger partial charge on any atom is 0.219 e. The summed E-state index contributed by atoms with van der Waals surface area (Å²) in [6, 6.07) is 10.3. The molecule has 2 aromatic carbocycles. The van der Waals surface area contributed by atoms with Crippen molar-refractivity contribution in [3.05, 3.63) is 51.6 Å². The van der Waals surface area contributed by atoms with Crippen LogP contribution in [0.3, 0.4) is 0 Å². The Hall–Kier alpha value is -2.19. The Labute approximate surface area is 164 Å². The molecule has 3 rings (SSSR count). The first-order valence-electron chi connectivity index (χ1n) is 8.27. The van der Waals surface area contributed by atoms with Gasteiger partial charge in [0.1, 0.15) is 5.75 Å². The molecule has 0 fully saturated rings. The van der Waals surface area contributed by atoms with Crippen LogP contribution in [0.1, 0.15) is 6.92 Å². The molecule has 6 nitrogen and oxygen atoms in total. The molecule has 0 spiro atoms. The number of ether oxygens (including phenoxy) is 1. The summed E-state index contributed by atoms with van der Waals surface area (Å²) in [5.74, 6) is 0.0190. The van der Waals surface area contributed by atoms with Gasteiger partial charge in [-0.3, -0.25) is 9.59 Å². The zero-order chi connectivity index (χ0) is 19.6. The van der Waals surface area contributed by atoms with Crippen LogP contribution in [0, 0.1) is 0 Å². The summed E-state index contributed by atoms with van der Waals surface area (Å²) in [5, 5.41) is 20.5. The third-order valence-corrected chi connectivity index (χ3v) is 5.60. The van der Waals surface area contributed by atoms with Crippen LogP contribution in [0.25, 0.3) is 20.2 Å². The molecule has 27 heavy (non-hydrogen) atoms. The Morgan fingerprint density at radius 3 is 2.74 bits per heavy atom. The van der Waals surface area contributed by atoms with Crippen molar-refractivity contribution in [1.82, 2.24) is 4.90 Å². The molecule has 1 amide bonds. The third kappa shape index (κ3) is 4.06. The Kier molecular flexibility index (Phi) is 5.96. The summed E-state index contributed by atoms with van der Waals surface area (Å²) in [6.45, 7) is 1.11. The van der Waals surface area contributed by atoms with E-state index in [2.05, 4.69) is 0 Å². The fourth-order valence-corrected chi connectivity index (χ4v) is 4.26. The molecule has 0 bridgehead atoms. The minimum absolute atomic E-state index is 0.0924. The highest BCUT2D eigenvalue weighted by molar-refractivity contribution is 7.25. The first kappa shape index (κ1) is 19.6. The Balaban J connectivity index is 2.01. The lowest BCUT2D eigenvalue weighted by molar-refractivity contribution is -0.134. The molecule has 0 aliphatic rings. The van der Waals surface area contributed by atoms with E-state index in [1.807, 2.05) is 12.1 Å². The van der Waals surface area contributed by atoms with Crippen molar-refractivity contribution in [3.8, 4) is 5.75 Å². The predicted octanol–water partition coefficient (Wildman–Crippen LogP) is 2.61. The van der Waals surface area contributed by atoms with Crippen LogP contribution < -0.4 is 10.2 Å². The Morgan fingerprint density at radius 2 is 2.04 bits per heavy atom. The second-order valence-corrected chi connectivity index (χ2v) is 7.40. The number of nitrogens with zero attached hydrogens (tertiary/aromatic N) is 1. The van der Waals surface area contributed by atoms with Crippen molar-refractivity contribution in [2.45, 2.75) is 13.2 Å². The fourth-order valence-electron chi connectivity index (χ4n) is 2.80. The van der Waals surface area contributed by atoms with E-state index in [1.165, 1.54) is 23.2 Å². The average molecular weight is 408 g/mol. The van der Waals surface area contributed by atoms with E-state index < -0.39 is 6.29 Å². The number of fused-ring (bicyclic) bond motifs is 2. The first-order valence-corrected chi connectivity index (χ1v) is 9.47. The van der Waals surface area contributed by atoms with Crippen molar-refractivity contribution < 1.29 is 19.7 Å². The molecule has 0 radical (unpaired) electrons. The zero-order valence-electron chi connectivity index (χ0n) is 14.5. The zero-order valence-corrected chi connectivity index (χ0v) is 16.1. The lowest BCUT2D eigenvalue weighted by atomic mass is 10.2. The van der Waals surface area contributed by atoms with Gasteiger partial charge in [-0.1, -0.05) is 23.7 Å². The highest BCUT2D eigenvalue weighted by Gasteiger charge is 2.18. The monoisotopic (exact) mass is 407 g/mol. The van der Waals surface area contributed by atoms with E-state index >= 15 is 0 Å². The van der Waals surface area contributed by atoms with Gasteiger partial charge in [-0.25, -0.2) is 0 Å². The van der Waals surface area contributed by atoms with Crippen LogP contribution >= 0.6 is 22.9 Å². The first-order chi connectivity index (χ1) is 12.9. The molecule has 1 atom stereocenters. The third-order valence-electron chi connectivity index (χ3n) is 4.10. The number of rotatable bonds is 6. The number of amides is 1. The highest BCUT2D eigenvalue weighted by Crippen LogP contribution is 2.36. The summed E-state index contributed by atoms with van der Waals surface area (Å²) in [7, 11) is 0. The van der Waals surface area contributed by atoms with Gasteiger partial charge in [0, 0.05) is 23.6 Å². The van der Waals surface area contributed by atoms with Crippen molar-refractivity contribution in [2.24, 2.45) is 0 Å². The molecule has 2 N–H and O–H groups in total. The van der Waals surface area contributed by atoms with Crippen LogP contribution in [0.2, 0.25) is 5.02 Å². The van der Waals surface area contributed by atoms with Gasteiger partial charge < -0.3 is 19.8 Å². The number of hydrogen-bond acceptors (Lipinski definition) is 6. The Morgan fingerprint density at radius 1 is 1.30 bits per heavy atom. The van der Waals surface area contributed by atoms with Crippen molar-refractivity contribution in [3.63, 3.8) is 0 Å². The van der Waals surface area contributed by atoms with Crippen molar-refractivity contribution in [2.75, 3.05) is 19.7 Å². The molecule has 1 aromatic heterocycles. The SMILES string of the molecule is CC(=O)N(CCO)CC(O)Oc1ccc(Cl)c2c(=O)c3ccccc3sc12. The molecule has 0 aliphatic heterocycles. The molecule has 1 unspecified atom stereocenters. The molecule has 3 aromatic rings. The average Bonchev–Trinajstić information content (AvgIpc) is 2.63. The van der Waals surface area contributed by atoms with Crippen LogP contribution in [0.4, 0.5) is 0 Å². The Bertz CT molecular complexity index is 1050. The smallest absolute Gasteiger partial charge is 0.219 e. The molecular formula is C19H18ClNO5S. The minimum atomic E-state index is -1.32. The summed E-state index contributed by atoms with van der Waals surface area (Å²) < 4.78 is 6.92. The van der Waals surface area contributed by atoms with Gasteiger partial charge in [0.05, 0.1) is 28.3 Å². The molecule has 0 saturated carbocycles. The van der Waals surface area contributed by atoms with Crippen LogP contribution in [-0.2, 0) is 4.79 Å². The lowest BCUT2D eigenvalue weighted by Crippen LogP contribution is -2.40. The summed E-state index contributed by atoms with van der Waals surface area (Å²) in [5.41, 5.74) is -0.199. The molecular weight excluding hydrogens is 390 g/mol. The van der Waals surface area contributed by atoms with Crippen LogP contribution in [-0.4, -0.2) is 47.0 Å². The molecule has 142 valence electrons. The van der Waals surface area contributed by atoms with E-state index in [0.29, 0.717) is 26.2 Å². The second kappa shape index (κ2) is 8.22.